The van der Waals surface area contributed by atoms with Crippen molar-refractivity contribution in [3.05, 3.63) is 59.4 Å². The van der Waals surface area contributed by atoms with E-state index in [2.05, 4.69) is 33.9 Å². The van der Waals surface area contributed by atoms with E-state index in [1.807, 2.05) is 35.0 Å². The Morgan fingerprint density at radius 3 is 2.57 bits per heavy atom. The highest BCUT2D eigenvalue weighted by Gasteiger charge is 2.24. The van der Waals surface area contributed by atoms with Crippen LogP contribution in [0.25, 0.3) is 5.69 Å². The van der Waals surface area contributed by atoms with Gasteiger partial charge in [0.1, 0.15) is 5.69 Å². The van der Waals surface area contributed by atoms with Gasteiger partial charge in [-0.1, -0.05) is 0 Å². The van der Waals surface area contributed by atoms with Crippen molar-refractivity contribution in [3.63, 3.8) is 0 Å². The van der Waals surface area contributed by atoms with Gasteiger partial charge in [0.15, 0.2) is 0 Å². The number of hydrogen-bond donors (Lipinski definition) is 0. The third kappa shape index (κ3) is 3.55. The summed E-state index contributed by atoms with van der Waals surface area (Å²) in [7, 11) is 1.98. The molecule has 0 radical (unpaired) electrons. The molecule has 1 amide bonds. The van der Waals surface area contributed by atoms with Gasteiger partial charge in [0, 0.05) is 69.6 Å². The van der Waals surface area contributed by atoms with Gasteiger partial charge < -0.3 is 4.90 Å². The van der Waals surface area contributed by atoms with E-state index >= 15 is 0 Å². The largest absolute Gasteiger partial charge is 0.335 e. The van der Waals surface area contributed by atoms with E-state index in [9.17, 15) is 4.79 Å². The number of carbonyl (C=O) groups excluding carboxylic acids is 1. The minimum absolute atomic E-state index is 0.0256. The minimum atomic E-state index is -0.0256. The van der Waals surface area contributed by atoms with Crippen molar-refractivity contribution in [2.24, 2.45) is 7.05 Å². The second-order valence-electron chi connectivity index (χ2n) is 7.19. The fourth-order valence-electron chi connectivity index (χ4n) is 3.64. The number of rotatable bonds is 4. The summed E-state index contributed by atoms with van der Waals surface area (Å²) in [6.45, 7) is 8.13. The summed E-state index contributed by atoms with van der Waals surface area (Å²) < 4.78 is 3.66. The molecule has 0 unspecified atom stereocenters. The fourth-order valence-corrected chi connectivity index (χ4v) is 3.64. The van der Waals surface area contributed by atoms with Crippen LogP contribution in [0.5, 0.6) is 0 Å². The molecule has 0 aliphatic carbocycles. The predicted octanol–water partition coefficient (Wildman–Crippen LogP) is 1.58. The van der Waals surface area contributed by atoms with E-state index in [1.54, 1.807) is 23.1 Å². The number of carbonyl (C=O) groups is 1. The van der Waals surface area contributed by atoms with Gasteiger partial charge in [-0.25, -0.2) is 4.68 Å². The second-order valence-corrected chi connectivity index (χ2v) is 7.19. The molecular weight excluding hydrogens is 354 g/mol. The standard InChI is InChI=1S/C20H25N7O/c1-15-18(16(2)24(3)23-15)14-25-9-11-26(12-10-25)20(28)19-13-17(5-7-21-19)27-8-4-6-22-27/h4-8,13H,9-12,14H2,1-3H3. The molecule has 8 heteroatoms. The second kappa shape index (κ2) is 7.55. The Labute approximate surface area is 164 Å². The minimum Gasteiger partial charge on any atom is -0.335 e. The highest BCUT2D eigenvalue weighted by Crippen LogP contribution is 2.17. The van der Waals surface area contributed by atoms with Crippen molar-refractivity contribution >= 4 is 5.91 Å². The van der Waals surface area contributed by atoms with Gasteiger partial charge in [0.25, 0.3) is 5.91 Å². The molecule has 3 aromatic rings. The smallest absolute Gasteiger partial charge is 0.272 e. The van der Waals surface area contributed by atoms with Crippen LogP contribution >= 0.6 is 0 Å². The Morgan fingerprint density at radius 1 is 1.14 bits per heavy atom. The van der Waals surface area contributed by atoms with Crippen LogP contribution in [0, 0.1) is 13.8 Å². The zero-order valence-corrected chi connectivity index (χ0v) is 16.5. The molecule has 146 valence electrons. The fraction of sp³-hybridized carbons (Fsp3) is 0.400. The quantitative estimate of drug-likeness (QED) is 0.688. The Kier molecular flexibility index (Phi) is 4.95. The lowest BCUT2D eigenvalue weighted by atomic mass is 10.1. The first-order chi connectivity index (χ1) is 13.5. The molecule has 3 aromatic heterocycles. The monoisotopic (exact) mass is 379 g/mol. The average Bonchev–Trinajstić information content (AvgIpc) is 3.33. The Balaban J connectivity index is 1.40. The van der Waals surface area contributed by atoms with Crippen molar-refractivity contribution in [1.82, 2.24) is 34.3 Å². The number of aryl methyl sites for hydroxylation is 2. The molecule has 0 aromatic carbocycles. The highest BCUT2D eigenvalue weighted by atomic mass is 16.2. The molecule has 0 bridgehead atoms. The number of pyridine rings is 1. The molecule has 28 heavy (non-hydrogen) atoms. The summed E-state index contributed by atoms with van der Waals surface area (Å²) in [5, 5.41) is 8.71. The summed E-state index contributed by atoms with van der Waals surface area (Å²) >= 11 is 0. The van der Waals surface area contributed by atoms with Crippen LogP contribution in [0.4, 0.5) is 0 Å². The lowest BCUT2D eigenvalue weighted by Crippen LogP contribution is -2.48. The highest BCUT2D eigenvalue weighted by molar-refractivity contribution is 5.92. The van der Waals surface area contributed by atoms with Crippen molar-refractivity contribution in [2.45, 2.75) is 20.4 Å². The molecule has 0 atom stereocenters. The summed E-state index contributed by atoms with van der Waals surface area (Å²) in [6, 6.07) is 5.50. The zero-order chi connectivity index (χ0) is 19.7. The maximum atomic E-state index is 12.9. The van der Waals surface area contributed by atoms with E-state index in [0.717, 1.165) is 31.0 Å². The van der Waals surface area contributed by atoms with Crippen LogP contribution in [-0.4, -0.2) is 66.4 Å². The average molecular weight is 379 g/mol. The van der Waals surface area contributed by atoms with Gasteiger partial charge in [-0.2, -0.15) is 10.2 Å². The molecule has 1 aliphatic heterocycles. The molecule has 0 N–H and O–H groups in total. The van der Waals surface area contributed by atoms with Crippen LogP contribution in [0.15, 0.2) is 36.8 Å². The van der Waals surface area contributed by atoms with Crippen LogP contribution in [0.2, 0.25) is 0 Å². The van der Waals surface area contributed by atoms with E-state index in [0.29, 0.717) is 18.8 Å². The van der Waals surface area contributed by atoms with Gasteiger partial charge in [-0.05, 0) is 32.0 Å². The maximum Gasteiger partial charge on any atom is 0.272 e. The maximum absolute atomic E-state index is 12.9. The van der Waals surface area contributed by atoms with Crippen molar-refractivity contribution < 1.29 is 4.79 Å². The van der Waals surface area contributed by atoms with Gasteiger partial charge in [-0.3, -0.25) is 19.4 Å². The van der Waals surface area contributed by atoms with Crippen LogP contribution in [-0.2, 0) is 13.6 Å². The van der Waals surface area contributed by atoms with Crippen LogP contribution < -0.4 is 0 Å². The number of piperazine rings is 1. The van der Waals surface area contributed by atoms with E-state index in [4.69, 9.17) is 0 Å². The molecule has 1 fully saturated rings. The Morgan fingerprint density at radius 2 is 1.93 bits per heavy atom. The third-order valence-corrected chi connectivity index (χ3v) is 5.43. The van der Waals surface area contributed by atoms with Gasteiger partial charge in [0.05, 0.1) is 11.4 Å². The van der Waals surface area contributed by atoms with E-state index in [1.165, 1.54) is 11.3 Å². The Hall–Kier alpha value is -3.00. The number of aromatic nitrogens is 5. The van der Waals surface area contributed by atoms with Gasteiger partial charge in [-0.15, -0.1) is 0 Å². The molecule has 1 saturated heterocycles. The molecule has 8 nitrogen and oxygen atoms in total. The van der Waals surface area contributed by atoms with Crippen molar-refractivity contribution in [3.8, 4) is 5.69 Å². The summed E-state index contributed by atoms with van der Waals surface area (Å²) in [5.74, 6) is -0.0256. The normalized spacial score (nSPS) is 15.2. The molecule has 1 aliphatic rings. The topological polar surface area (TPSA) is 72.1 Å². The number of hydrogen-bond acceptors (Lipinski definition) is 5. The summed E-state index contributed by atoms with van der Waals surface area (Å²) in [5.41, 5.74) is 4.87. The lowest BCUT2D eigenvalue weighted by molar-refractivity contribution is 0.0622. The predicted molar refractivity (Wildman–Crippen MR) is 105 cm³/mol. The first-order valence-corrected chi connectivity index (χ1v) is 9.49. The molecule has 0 spiro atoms. The third-order valence-electron chi connectivity index (χ3n) is 5.43. The summed E-state index contributed by atoms with van der Waals surface area (Å²) in [6.07, 6.45) is 5.23. The summed E-state index contributed by atoms with van der Waals surface area (Å²) in [4.78, 5) is 21.4. The molecule has 4 heterocycles. The Bertz CT molecular complexity index is 969. The SMILES string of the molecule is Cc1nn(C)c(C)c1CN1CCN(C(=O)c2cc(-n3cccn3)ccn2)CC1. The van der Waals surface area contributed by atoms with Gasteiger partial charge >= 0.3 is 0 Å². The lowest BCUT2D eigenvalue weighted by Gasteiger charge is -2.34. The van der Waals surface area contributed by atoms with E-state index < -0.39 is 0 Å². The van der Waals surface area contributed by atoms with E-state index in [-0.39, 0.29) is 5.91 Å². The van der Waals surface area contributed by atoms with Crippen LogP contribution in [0.1, 0.15) is 27.4 Å². The zero-order valence-electron chi connectivity index (χ0n) is 16.5. The van der Waals surface area contributed by atoms with Crippen molar-refractivity contribution in [1.29, 1.82) is 0 Å². The van der Waals surface area contributed by atoms with Gasteiger partial charge in [0.2, 0.25) is 0 Å². The molecule has 4 rings (SSSR count). The number of amides is 1. The molecular formula is C20H25N7O. The van der Waals surface area contributed by atoms with Crippen LogP contribution in [0.3, 0.4) is 0 Å². The number of nitrogens with zero attached hydrogens (tertiary/aromatic N) is 7. The first-order valence-electron chi connectivity index (χ1n) is 9.49. The van der Waals surface area contributed by atoms with Crippen molar-refractivity contribution in [2.75, 3.05) is 26.2 Å². The molecule has 0 saturated carbocycles. The first kappa shape index (κ1) is 18.4.